The molecule has 0 spiro atoms. The van der Waals surface area contributed by atoms with Gasteiger partial charge in [0, 0.05) is 23.8 Å². The molecule has 1 atom stereocenters. The van der Waals surface area contributed by atoms with Gasteiger partial charge in [-0.1, -0.05) is 12.1 Å². The molecule has 2 rings (SSSR count). The van der Waals surface area contributed by atoms with Gasteiger partial charge in [0.25, 0.3) is 0 Å². The Hall–Kier alpha value is -0.960. The van der Waals surface area contributed by atoms with Gasteiger partial charge in [-0.05, 0) is 24.1 Å². The van der Waals surface area contributed by atoms with E-state index in [0.29, 0.717) is 12.3 Å². The lowest BCUT2D eigenvalue weighted by Crippen LogP contribution is -2.33. The largest absolute Gasteiger partial charge is 0.355 e. The number of thiol groups is 1. The minimum atomic E-state index is 0.173. The van der Waals surface area contributed by atoms with Crippen molar-refractivity contribution in [2.45, 2.75) is 23.7 Å². The summed E-state index contributed by atoms with van der Waals surface area (Å²) in [5.41, 5.74) is 1.29. The van der Waals surface area contributed by atoms with E-state index in [1.807, 2.05) is 12.1 Å². The number of hydrogen-bond donors (Lipinski definition) is 2. The summed E-state index contributed by atoms with van der Waals surface area (Å²) >= 11 is 4.24. The van der Waals surface area contributed by atoms with E-state index in [4.69, 9.17) is 0 Å². The number of nitrogens with one attached hydrogen (secondary N) is 1. The van der Waals surface area contributed by atoms with E-state index in [1.165, 1.54) is 5.56 Å². The molecule has 2 nitrogen and oxygen atoms in total. The van der Waals surface area contributed by atoms with E-state index in [1.54, 1.807) is 0 Å². The molecule has 0 saturated carbocycles. The van der Waals surface area contributed by atoms with Gasteiger partial charge in [-0.3, -0.25) is 4.79 Å². The van der Waals surface area contributed by atoms with Crippen LogP contribution < -0.4 is 5.32 Å². The number of piperidine rings is 1. The summed E-state index contributed by atoms with van der Waals surface area (Å²) in [6.07, 6.45) is 1.60. The highest BCUT2D eigenvalue weighted by molar-refractivity contribution is 7.80. The van der Waals surface area contributed by atoms with E-state index in [9.17, 15) is 4.79 Å². The van der Waals surface area contributed by atoms with Crippen molar-refractivity contribution in [3.63, 3.8) is 0 Å². The van der Waals surface area contributed by atoms with Gasteiger partial charge in [-0.25, -0.2) is 0 Å². The first-order chi connectivity index (χ1) is 6.75. The molecule has 1 N–H and O–H groups in total. The summed E-state index contributed by atoms with van der Waals surface area (Å²) in [7, 11) is 0. The molecule has 74 valence electrons. The number of carbonyl (C=O) groups is 1. The highest BCUT2D eigenvalue weighted by atomic mass is 32.1. The molecule has 14 heavy (non-hydrogen) atoms. The lowest BCUT2D eigenvalue weighted by atomic mass is 9.91. The van der Waals surface area contributed by atoms with Crippen LogP contribution in [-0.4, -0.2) is 12.5 Å². The highest BCUT2D eigenvalue weighted by Gasteiger charge is 2.18. The molecule has 1 unspecified atom stereocenters. The summed E-state index contributed by atoms with van der Waals surface area (Å²) in [6, 6.07) is 8.17. The van der Waals surface area contributed by atoms with Gasteiger partial charge in [0.1, 0.15) is 0 Å². The fraction of sp³-hybridized carbons (Fsp3) is 0.364. The Labute approximate surface area is 89.1 Å². The first-order valence-corrected chi connectivity index (χ1v) is 5.26. The van der Waals surface area contributed by atoms with Crippen LogP contribution in [0.3, 0.4) is 0 Å². The quantitative estimate of drug-likeness (QED) is 0.677. The van der Waals surface area contributed by atoms with Crippen LogP contribution in [0.25, 0.3) is 0 Å². The Morgan fingerprint density at radius 3 is 2.57 bits per heavy atom. The summed E-state index contributed by atoms with van der Waals surface area (Å²) in [5.74, 6) is 0.647. The number of rotatable bonds is 1. The number of hydrogen-bond acceptors (Lipinski definition) is 2. The van der Waals surface area contributed by atoms with Crippen molar-refractivity contribution in [1.82, 2.24) is 5.32 Å². The predicted molar refractivity (Wildman–Crippen MR) is 58.7 cm³/mol. The van der Waals surface area contributed by atoms with E-state index >= 15 is 0 Å². The van der Waals surface area contributed by atoms with Gasteiger partial charge < -0.3 is 5.32 Å². The summed E-state index contributed by atoms with van der Waals surface area (Å²) < 4.78 is 0. The minimum Gasteiger partial charge on any atom is -0.355 e. The Morgan fingerprint density at radius 1 is 1.29 bits per heavy atom. The number of benzene rings is 1. The van der Waals surface area contributed by atoms with Crippen molar-refractivity contribution in [2.24, 2.45) is 0 Å². The van der Waals surface area contributed by atoms with Crippen molar-refractivity contribution < 1.29 is 4.79 Å². The maximum absolute atomic E-state index is 11.0. The molecular formula is C11H13NOS. The molecule has 3 heteroatoms. The van der Waals surface area contributed by atoms with Crippen molar-refractivity contribution in [3.05, 3.63) is 29.8 Å². The molecular weight excluding hydrogens is 194 g/mol. The van der Waals surface area contributed by atoms with Gasteiger partial charge in [-0.2, -0.15) is 0 Å². The van der Waals surface area contributed by atoms with Crippen LogP contribution in [0.1, 0.15) is 24.3 Å². The summed E-state index contributed by atoms with van der Waals surface area (Å²) in [6.45, 7) is 0.769. The third kappa shape index (κ3) is 2.10. The first-order valence-electron chi connectivity index (χ1n) is 4.81. The van der Waals surface area contributed by atoms with Crippen LogP contribution in [0.2, 0.25) is 0 Å². The number of carbonyl (C=O) groups excluding carboxylic acids is 1. The fourth-order valence-electron chi connectivity index (χ4n) is 1.76. The molecule has 1 saturated heterocycles. The predicted octanol–water partition coefficient (Wildman–Crippen LogP) is 1.97. The average molecular weight is 207 g/mol. The maximum atomic E-state index is 11.0. The lowest BCUT2D eigenvalue weighted by molar-refractivity contribution is -0.122. The Morgan fingerprint density at radius 2 is 2.00 bits per heavy atom. The zero-order valence-electron chi connectivity index (χ0n) is 7.86. The Kier molecular flexibility index (Phi) is 2.77. The van der Waals surface area contributed by atoms with Gasteiger partial charge >= 0.3 is 0 Å². The van der Waals surface area contributed by atoms with Crippen molar-refractivity contribution in [1.29, 1.82) is 0 Å². The van der Waals surface area contributed by atoms with Crippen molar-refractivity contribution >= 4 is 18.5 Å². The second-order valence-electron chi connectivity index (χ2n) is 3.63. The van der Waals surface area contributed by atoms with Crippen LogP contribution in [0.5, 0.6) is 0 Å². The van der Waals surface area contributed by atoms with Crippen molar-refractivity contribution in [3.8, 4) is 0 Å². The number of amides is 1. The van der Waals surface area contributed by atoms with Crippen LogP contribution in [-0.2, 0) is 4.79 Å². The van der Waals surface area contributed by atoms with E-state index < -0.39 is 0 Å². The molecule has 0 aromatic heterocycles. The normalized spacial score (nSPS) is 21.8. The molecule has 0 radical (unpaired) electrons. The van der Waals surface area contributed by atoms with Gasteiger partial charge in [0.05, 0.1) is 0 Å². The Bertz CT molecular complexity index is 324. The molecule has 1 aliphatic rings. The maximum Gasteiger partial charge on any atom is 0.220 e. The third-order valence-electron chi connectivity index (χ3n) is 2.63. The molecule has 1 fully saturated rings. The molecule has 1 amide bonds. The van der Waals surface area contributed by atoms with E-state index in [0.717, 1.165) is 17.9 Å². The fourth-order valence-corrected chi connectivity index (χ4v) is 1.91. The minimum absolute atomic E-state index is 0.173. The molecule has 0 bridgehead atoms. The van der Waals surface area contributed by atoms with Gasteiger partial charge in [0.15, 0.2) is 0 Å². The third-order valence-corrected chi connectivity index (χ3v) is 2.93. The van der Waals surface area contributed by atoms with Crippen LogP contribution >= 0.6 is 12.6 Å². The smallest absolute Gasteiger partial charge is 0.220 e. The lowest BCUT2D eigenvalue weighted by Gasteiger charge is -2.22. The Balaban J connectivity index is 2.08. The second-order valence-corrected chi connectivity index (χ2v) is 4.15. The van der Waals surface area contributed by atoms with Crippen molar-refractivity contribution in [2.75, 3.05) is 6.54 Å². The summed E-state index contributed by atoms with van der Waals surface area (Å²) in [5, 5.41) is 2.89. The zero-order valence-corrected chi connectivity index (χ0v) is 8.76. The molecule has 1 heterocycles. The van der Waals surface area contributed by atoms with E-state index in [-0.39, 0.29) is 5.91 Å². The molecule has 0 aliphatic carbocycles. The SMILES string of the molecule is O=C1CCC(c2ccc(S)cc2)CN1. The van der Waals surface area contributed by atoms with Gasteiger partial charge in [0.2, 0.25) is 5.91 Å². The standard InChI is InChI=1S/C11H13NOS/c13-11-6-3-9(7-12-11)8-1-4-10(14)5-2-8/h1-2,4-5,9,14H,3,6-7H2,(H,12,13). The first kappa shape index (κ1) is 9.59. The van der Waals surface area contributed by atoms with Crippen LogP contribution in [0.4, 0.5) is 0 Å². The molecule has 1 aromatic rings. The summed E-state index contributed by atoms with van der Waals surface area (Å²) in [4.78, 5) is 12.0. The topological polar surface area (TPSA) is 29.1 Å². The second kappa shape index (κ2) is 4.05. The monoisotopic (exact) mass is 207 g/mol. The van der Waals surface area contributed by atoms with Gasteiger partial charge in [-0.15, -0.1) is 12.6 Å². The van der Waals surface area contributed by atoms with Crippen LogP contribution in [0, 0.1) is 0 Å². The van der Waals surface area contributed by atoms with Crippen LogP contribution in [0.15, 0.2) is 29.2 Å². The zero-order chi connectivity index (χ0) is 9.97. The van der Waals surface area contributed by atoms with E-state index in [2.05, 4.69) is 30.1 Å². The molecule has 1 aromatic carbocycles. The average Bonchev–Trinajstić information content (AvgIpc) is 2.21. The molecule has 1 aliphatic heterocycles. The highest BCUT2D eigenvalue weighted by Crippen LogP contribution is 2.24.